The lowest BCUT2D eigenvalue weighted by molar-refractivity contribution is -0.120. The van der Waals surface area contributed by atoms with Crippen molar-refractivity contribution >= 4 is 40.7 Å². The zero-order valence-electron chi connectivity index (χ0n) is 17.6. The molecule has 0 saturated carbocycles. The maximum absolute atomic E-state index is 13.0. The van der Waals surface area contributed by atoms with Crippen LogP contribution in [0.4, 0.5) is 11.4 Å². The summed E-state index contributed by atoms with van der Waals surface area (Å²) in [5.41, 5.74) is 3.44. The normalized spacial score (nSPS) is 16.9. The van der Waals surface area contributed by atoms with Crippen LogP contribution in [-0.4, -0.2) is 35.7 Å². The standard InChI is InChI=1S/C24H24ClN3O3/c1-15-6-10-18(11-7-15)28-23(30)20(25)21(24(28)31)26-19-14-17(9-8-16(19)2)22(29)27-12-4-3-5-13-27/h6-11,14,26H,3-5,12-13H2,1-2H3. The lowest BCUT2D eigenvalue weighted by Gasteiger charge is -2.27. The second kappa shape index (κ2) is 8.55. The molecule has 1 fully saturated rings. The fourth-order valence-electron chi connectivity index (χ4n) is 3.84. The van der Waals surface area contributed by atoms with Gasteiger partial charge in [0.2, 0.25) is 0 Å². The highest BCUT2D eigenvalue weighted by Gasteiger charge is 2.39. The number of likely N-dealkylation sites (tertiary alicyclic amines) is 1. The van der Waals surface area contributed by atoms with Gasteiger partial charge < -0.3 is 10.2 Å². The largest absolute Gasteiger partial charge is 0.349 e. The van der Waals surface area contributed by atoms with Crippen LogP contribution in [0.1, 0.15) is 40.7 Å². The molecule has 0 bridgehead atoms. The Morgan fingerprint density at radius 3 is 2.29 bits per heavy atom. The quantitative estimate of drug-likeness (QED) is 0.721. The van der Waals surface area contributed by atoms with E-state index < -0.39 is 11.8 Å². The molecule has 4 rings (SSSR count). The fourth-order valence-corrected chi connectivity index (χ4v) is 4.06. The Morgan fingerprint density at radius 1 is 0.935 bits per heavy atom. The number of aryl methyl sites for hydroxylation is 2. The number of nitrogens with one attached hydrogen (secondary N) is 1. The Labute approximate surface area is 186 Å². The summed E-state index contributed by atoms with van der Waals surface area (Å²) in [5.74, 6) is -1.12. The second-order valence-electron chi connectivity index (χ2n) is 7.98. The minimum absolute atomic E-state index is 0.0120. The van der Waals surface area contributed by atoms with E-state index in [1.807, 2.05) is 36.9 Å². The summed E-state index contributed by atoms with van der Waals surface area (Å²) in [6, 6.07) is 12.4. The summed E-state index contributed by atoms with van der Waals surface area (Å²) in [6.45, 7) is 5.30. The van der Waals surface area contributed by atoms with Crippen molar-refractivity contribution in [1.82, 2.24) is 4.90 Å². The molecule has 0 radical (unpaired) electrons. The second-order valence-corrected chi connectivity index (χ2v) is 8.36. The Kier molecular flexibility index (Phi) is 5.83. The van der Waals surface area contributed by atoms with Crippen LogP contribution < -0.4 is 10.2 Å². The molecule has 160 valence electrons. The lowest BCUT2D eigenvalue weighted by Crippen LogP contribution is -2.35. The maximum Gasteiger partial charge on any atom is 0.283 e. The van der Waals surface area contributed by atoms with Gasteiger partial charge in [-0.15, -0.1) is 0 Å². The van der Waals surface area contributed by atoms with Crippen LogP contribution in [0.2, 0.25) is 0 Å². The molecule has 1 saturated heterocycles. The van der Waals surface area contributed by atoms with Crippen molar-refractivity contribution in [3.63, 3.8) is 0 Å². The van der Waals surface area contributed by atoms with Crippen molar-refractivity contribution in [3.8, 4) is 0 Å². The molecule has 2 aromatic rings. The summed E-state index contributed by atoms with van der Waals surface area (Å²) in [5, 5.41) is 2.84. The smallest absolute Gasteiger partial charge is 0.283 e. The van der Waals surface area contributed by atoms with E-state index in [0.717, 1.165) is 48.4 Å². The fraction of sp³-hybridized carbons (Fsp3) is 0.292. The highest BCUT2D eigenvalue weighted by molar-refractivity contribution is 6.53. The van der Waals surface area contributed by atoms with Gasteiger partial charge in [0.1, 0.15) is 10.7 Å². The molecular weight excluding hydrogens is 414 g/mol. The molecule has 6 nitrogen and oxygen atoms in total. The number of halogens is 1. The molecule has 31 heavy (non-hydrogen) atoms. The number of carbonyl (C=O) groups excluding carboxylic acids is 3. The molecule has 0 aliphatic carbocycles. The molecular formula is C24H24ClN3O3. The molecule has 2 aliphatic rings. The number of piperidine rings is 1. The third-order valence-corrected chi connectivity index (χ3v) is 6.06. The lowest BCUT2D eigenvalue weighted by atomic mass is 10.1. The first-order chi connectivity index (χ1) is 14.9. The van der Waals surface area contributed by atoms with E-state index in [9.17, 15) is 14.4 Å². The molecule has 2 aromatic carbocycles. The number of imide groups is 1. The monoisotopic (exact) mass is 437 g/mol. The number of hydrogen-bond donors (Lipinski definition) is 1. The average molecular weight is 438 g/mol. The van der Waals surface area contributed by atoms with E-state index in [1.54, 1.807) is 24.3 Å². The molecule has 1 N–H and O–H groups in total. The average Bonchev–Trinajstić information content (AvgIpc) is 2.99. The first kappa shape index (κ1) is 21.1. The molecule has 7 heteroatoms. The number of hydrogen-bond acceptors (Lipinski definition) is 4. The molecule has 0 unspecified atom stereocenters. The van der Waals surface area contributed by atoms with Crippen LogP contribution in [-0.2, 0) is 9.59 Å². The van der Waals surface area contributed by atoms with Crippen molar-refractivity contribution in [2.45, 2.75) is 33.1 Å². The molecule has 2 heterocycles. The van der Waals surface area contributed by atoms with Crippen LogP contribution in [0.3, 0.4) is 0 Å². The van der Waals surface area contributed by atoms with E-state index >= 15 is 0 Å². The van der Waals surface area contributed by atoms with Gasteiger partial charge in [0, 0.05) is 24.3 Å². The van der Waals surface area contributed by atoms with Crippen LogP contribution >= 0.6 is 11.6 Å². The first-order valence-electron chi connectivity index (χ1n) is 10.4. The van der Waals surface area contributed by atoms with Gasteiger partial charge in [-0.2, -0.15) is 0 Å². The number of nitrogens with zero attached hydrogens (tertiary/aromatic N) is 2. The van der Waals surface area contributed by atoms with Gasteiger partial charge in [-0.05, 0) is 62.9 Å². The van der Waals surface area contributed by atoms with Gasteiger partial charge >= 0.3 is 0 Å². The van der Waals surface area contributed by atoms with Gasteiger partial charge in [0.25, 0.3) is 17.7 Å². The van der Waals surface area contributed by atoms with Crippen LogP contribution in [0.5, 0.6) is 0 Å². The Hall–Kier alpha value is -3.12. The Balaban J connectivity index is 1.59. The van der Waals surface area contributed by atoms with Crippen LogP contribution in [0.15, 0.2) is 53.2 Å². The summed E-state index contributed by atoms with van der Waals surface area (Å²) in [6.07, 6.45) is 3.16. The number of rotatable bonds is 4. The van der Waals surface area contributed by atoms with E-state index in [2.05, 4.69) is 5.32 Å². The minimum atomic E-state index is -0.573. The summed E-state index contributed by atoms with van der Waals surface area (Å²) in [4.78, 5) is 41.5. The summed E-state index contributed by atoms with van der Waals surface area (Å²) < 4.78 is 0. The number of benzene rings is 2. The maximum atomic E-state index is 13.0. The molecule has 0 atom stereocenters. The molecule has 0 spiro atoms. The van der Waals surface area contributed by atoms with Gasteiger partial charge in [-0.3, -0.25) is 14.4 Å². The van der Waals surface area contributed by atoms with E-state index in [-0.39, 0.29) is 16.6 Å². The van der Waals surface area contributed by atoms with E-state index in [1.165, 1.54) is 0 Å². The summed E-state index contributed by atoms with van der Waals surface area (Å²) >= 11 is 6.26. The zero-order valence-corrected chi connectivity index (χ0v) is 18.3. The van der Waals surface area contributed by atoms with Gasteiger partial charge in [-0.1, -0.05) is 35.4 Å². The summed E-state index contributed by atoms with van der Waals surface area (Å²) in [7, 11) is 0. The highest BCUT2D eigenvalue weighted by atomic mass is 35.5. The van der Waals surface area contributed by atoms with Crippen molar-refractivity contribution in [1.29, 1.82) is 0 Å². The molecule has 3 amide bonds. The van der Waals surface area contributed by atoms with Crippen molar-refractivity contribution in [3.05, 3.63) is 69.9 Å². The first-order valence-corrected chi connectivity index (χ1v) is 10.8. The van der Waals surface area contributed by atoms with E-state index in [0.29, 0.717) is 16.9 Å². The zero-order chi connectivity index (χ0) is 22.1. The Bertz CT molecular complexity index is 1090. The predicted octanol–water partition coefficient (Wildman–Crippen LogP) is 4.37. The SMILES string of the molecule is Cc1ccc(N2C(=O)C(Cl)=C(Nc3cc(C(=O)N4CCCCC4)ccc3C)C2=O)cc1. The minimum Gasteiger partial charge on any atom is -0.349 e. The molecule has 2 aliphatic heterocycles. The van der Waals surface area contributed by atoms with Crippen molar-refractivity contribution < 1.29 is 14.4 Å². The van der Waals surface area contributed by atoms with Crippen LogP contribution in [0, 0.1) is 13.8 Å². The topological polar surface area (TPSA) is 69.7 Å². The predicted molar refractivity (Wildman–Crippen MR) is 121 cm³/mol. The van der Waals surface area contributed by atoms with Crippen LogP contribution in [0.25, 0.3) is 0 Å². The number of anilines is 2. The van der Waals surface area contributed by atoms with Gasteiger partial charge in [0.05, 0.1) is 5.69 Å². The van der Waals surface area contributed by atoms with Gasteiger partial charge in [-0.25, -0.2) is 4.90 Å². The van der Waals surface area contributed by atoms with E-state index in [4.69, 9.17) is 11.6 Å². The Morgan fingerprint density at radius 2 is 1.61 bits per heavy atom. The van der Waals surface area contributed by atoms with Crippen molar-refractivity contribution in [2.24, 2.45) is 0 Å². The highest BCUT2D eigenvalue weighted by Crippen LogP contribution is 2.31. The van der Waals surface area contributed by atoms with Crippen molar-refractivity contribution in [2.75, 3.05) is 23.3 Å². The number of carbonyl (C=O) groups is 3. The molecule has 0 aromatic heterocycles. The third-order valence-electron chi connectivity index (χ3n) is 5.71. The third kappa shape index (κ3) is 4.08. The number of amides is 3. The van der Waals surface area contributed by atoms with Gasteiger partial charge in [0.15, 0.2) is 0 Å².